The third-order valence-electron chi connectivity index (χ3n) is 3.75. The summed E-state index contributed by atoms with van der Waals surface area (Å²) in [4.78, 5) is 7.52. The van der Waals surface area contributed by atoms with E-state index in [1.165, 1.54) is 42.6 Å². The van der Waals surface area contributed by atoms with E-state index in [4.69, 9.17) is 0 Å². The zero-order chi connectivity index (χ0) is 23.4. The monoisotopic (exact) mass is 455 g/mol. The fraction of sp³-hybridized carbons (Fsp3) is 0.150. The van der Waals surface area contributed by atoms with E-state index in [2.05, 4.69) is 30.5 Å². The van der Waals surface area contributed by atoms with Gasteiger partial charge in [-0.25, -0.2) is 9.37 Å². The quantitative estimate of drug-likeness (QED) is 0.267. The first-order valence-electron chi connectivity index (χ1n) is 8.92. The van der Waals surface area contributed by atoms with Gasteiger partial charge in [-0.15, -0.1) is 0 Å². The summed E-state index contributed by atoms with van der Waals surface area (Å²) in [5, 5.41) is 6.36. The zero-order valence-corrected chi connectivity index (χ0v) is 16.3. The van der Waals surface area contributed by atoms with Crippen LogP contribution in [0.1, 0.15) is 18.1 Å². The van der Waals surface area contributed by atoms with Crippen molar-refractivity contribution in [2.45, 2.75) is 19.2 Å². The lowest BCUT2D eigenvalue weighted by molar-refractivity contribution is -0.159. The maximum Gasteiger partial charge on any atom is 0.416 e. The van der Waals surface area contributed by atoms with Crippen molar-refractivity contribution in [3.8, 4) is 5.75 Å². The molecule has 1 heterocycles. The van der Waals surface area contributed by atoms with Crippen LogP contribution in [0.5, 0.6) is 5.75 Å². The van der Waals surface area contributed by atoms with Gasteiger partial charge in [0.2, 0.25) is 5.95 Å². The van der Waals surface area contributed by atoms with Crippen molar-refractivity contribution in [2.24, 2.45) is 5.10 Å². The molecular formula is C20H15F6N5O. The average molecular weight is 455 g/mol. The zero-order valence-electron chi connectivity index (χ0n) is 16.3. The number of nitrogens with one attached hydrogen (secondary N) is 2. The fourth-order valence-corrected chi connectivity index (χ4v) is 2.40. The molecule has 0 amide bonds. The number of aromatic nitrogens is 2. The number of hydrogen-bond donors (Lipinski definition) is 2. The van der Waals surface area contributed by atoms with Crippen molar-refractivity contribution in [3.05, 3.63) is 71.7 Å². The predicted octanol–water partition coefficient (Wildman–Crippen LogP) is 5.82. The molecule has 1 aromatic heterocycles. The molecule has 168 valence electrons. The van der Waals surface area contributed by atoms with E-state index in [0.29, 0.717) is 12.5 Å². The molecule has 32 heavy (non-hydrogen) atoms. The van der Waals surface area contributed by atoms with E-state index >= 15 is 0 Å². The normalized spacial score (nSPS) is 12.1. The molecule has 0 fully saturated rings. The molecule has 0 bridgehead atoms. The summed E-state index contributed by atoms with van der Waals surface area (Å²) in [7, 11) is 0. The van der Waals surface area contributed by atoms with E-state index in [1.54, 1.807) is 0 Å². The Morgan fingerprint density at radius 1 is 1.03 bits per heavy atom. The molecule has 2 aromatic carbocycles. The van der Waals surface area contributed by atoms with Crippen LogP contribution in [-0.4, -0.2) is 22.3 Å². The molecule has 3 aromatic rings. The Morgan fingerprint density at radius 2 is 1.75 bits per heavy atom. The number of anilines is 3. The Hall–Kier alpha value is -3.83. The molecule has 0 spiro atoms. The van der Waals surface area contributed by atoms with Crippen molar-refractivity contribution in [1.29, 1.82) is 0 Å². The summed E-state index contributed by atoms with van der Waals surface area (Å²) in [5.74, 6) is -1.40. The van der Waals surface area contributed by atoms with Crippen LogP contribution in [0.2, 0.25) is 0 Å². The summed E-state index contributed by atoms with van der Waals surface area (Å²) in [6.45, 7) is 0.610. The molecule has 0 atom stereocenters. The van der Waals surface area contributed by atoms with Crippen LogP contribution in [0.4, 0.5) is 43.8 Å². The van der Waals surface area contributed by atoms with Gasteiger partial charge in [0.05, 0.1) is 18.0 Å². The summed E-state index contributed by atoms with van der Waals surface area (Å²) < 4.78 is 82.4. The highest BCUT2D eigenvalue weighted by Gasteiger charge is 2.30. The van der Waals surface area contributed by atoms with Crippen LogP contribution in [0.25, 0.3) is 0 Å². The number of hydrazone groups is 1. The minimum Gasteiger partial charge on any atom is -0.433 e. The summed E-state index contributed by atoms with van der Waals surface area (Å²) in [6, 6.07) is 9.85. The molecule has 0 radical (unpaired) electrons. The molecule has 0 saturated heterocycles. The van der Waals surface area contributed by atoms with Gasteiger partial charge >= 0.3 is 12.3 Å². The van der Waals surface area contributed by atoms with Gasteiger partial charge < -0.3 is 10.1 Å². The summed E-state index contributed by atoms with van der Waals surface area (Å²) >= 11 is 0. The minimum absolute atomic E-state index is 0.0465. The second-order valence-electron chi connectivity index (χ2n) is 6.44. The van der Waals surface area contributed by atoms with E-state index < -0.39 is 23.7 Å². The Balaban J connectivity index is 1.67. The molecule has 0 aliphatic rings. The molecule has 6 nitrogen and oxygen atoms in total. The summed E-state index contributed by atoms with van der Waals surface area (Å²) in [5.41, 5.74) is 2.02. The van der Waals surface area contributed by atoms with Gasteiger partial charge in [-0.2, -0.15) is 32.0 Å². The number of alkyl halides is 5. The van der Waals surface area contributed by atoms with E-state index in [1.807, 2.05) is 0 Å². The molecule has 12 heteroatoms. The number of halogens is 6. The Morgan fingerprint density at radius 3 is 2.41 bits per heavy atom. The van der Waals surface area contributed by atoms with Gasteiger partial charge in [0.25, 0.3) is 0 Å². The second kappa shape index (κ2) is 9.12. The first kappa shape index (κ1) is 22.8. The molecule has 3 rings (SSSR count). The largest absolute Gasteiger partial charge is 0.433 e. The lowest BCUT2D eigenvalue weighted by Crippen LogP contribution is -2.18. The Bertz CT molecular complexity index is 1100. The lowest BCUT2D eigenvalue weighted by atomic mass is 10.2. The Labute approximate surface area is 178 Å². The van der Waals surface area contributed by atoms with Gasteiger partial charge in [0, 0.05) is 12.6 Å². The second-order valence-corrected chi connectivity index (χ2v) is 6.44. The maximum atomic E-state index is 13.9. The molecule has 0 saturated carbocycles. The van der Waals surface area contributed by atoms with Gasteiger partial charge in [0.1, 0.15) is 5.75 Å². The highest BCUT2D eigenvalue weighted by Crippen LogP contribution is 2.31. The summed E-state index contributed by atoms with van der Waals surface area (Å²) in [6.07, 6.45) is -5.75. The molecular weight excluding hydrogens is 440 g/mol. The molecule has 2 N–H and O–H groups in total. The molecule has 0 aliphatic carbocycles. The van der Waals surface area contributed by atoms with Gasteiger partial charge in [-0.3, -0.25) is 5.43 Å². The van der Waals surface area contributed by atoms with Crippen LogP contribution < -0.4 is 15.5 Å². The van der Waals surface area contributed by atoms with Gasteiger partial charge in [-0.1, -0.05) is 6.07 Å². The fourth-order valence-electron chi connectivity index (χ4n) is 2.40. The van der Waals surface area contributed by atoms with E-state index in [-0.39, 0.29) is 23.2 Å². The number of hydrogen-bond acceptors (Lipinski definition) is 6. The van der Waals surface area contributed by atoms with Crippen molar-refractivity contribution in [1.82, 2.24) is 9.97 Å². The van der Waals surface area contributed by atoms with Crippen LogP contribution in [0.3, 0.4) is 0 Å². The molecule has 0 aliphatic heterocycles. The van der Waals surface area contributed by atoms with Crippen molar-refractivity contribution in [3.63, 3.8) is 0 Å². The number of nitrogens with zero attached hydrogens (tertiary/aromatic N) is 3. The Kier molecular flexibility index (Phi) is 6.51. The number of rotatable bonds is 7. The topological polar surface area (TPSA) is 71.4 Å². The van der Waals surface area contributed by atoms with Crippen molar-refractivity contribution in [2.75, 3.05) is 10.7 Å². The third-order valence-corrected chi connectivity index (χ3v) is 3.75. The molecule has 0 unspecified atom stereocenters. The van der Waals surface area contributed by atoms with Crippen molar-refractivity contribution >= 4 is 23.7 Å². The first-order valence-corrected chi connectivity index (χ1v) is 8.92. The van der Waals surface area contributed by atoms with Gasteiger partial charge in [-0.05, 0) is 48.0 Å². The third kappa shape index (κ3) is 6.59. The van der Waals surface area contributed by atoms with Crippen LogP contribution in [0.15, 0.2) is 59.8 Å². The highest BCUT2D eigenvalue weighted by atomic mass is 19.4. The van der Waals surface area contributed by atoms with Crippen molar-refractivity contribution < 1.29 is 31.1 Å². The van der Waals surface area contributed by atoms with E-state index in [0.717, 1.165) is 18.3 Å². The average Bonchev–Trinajstić information content (AvgIpc) is 2.70. The standard InChI is InChI=1S/C20H15F6N5O/c1-19(22,23)32-15-7-5-12(6-8-15)10-28-31-17-16(21)11-27-18(30-17)29-14-4-2-3-13(9-14)20(24,25)26/h2-11H,1H3,(H2,27,29,30,31). The minimum atomic E-state index is -4.52. The lowest BCUT2D eigenvalue weighted by Gasteiger charge is -2.12. The smallest absolute Gasteiger partial charge is 0.416 e. The van der Waals surface area contributed by atoms with Gasteiger partial charge in [0.15, 0.2) is 11.6 Å². The maximum absolute atomic E-state index is 13.9. The van der Waals surface area contributed by atoms with E-state index in [9.17, 15) is 26.3 Å². The van der Waals surface area contributed by atoms with Crippen LogP contribution in [-0.2, 0) is 6.18 Å². The number of ether oxygens (including phenoxy) is 1. The van der Waals surface area contributed by atoms with Crippen LogP contribution in [0, 0.1) is 5.82 Å². The highest BCUT2D eigenvalue weighted by molar-refractivity contribution is 5.80. The SMILES string of the molecule is CC(F)(F)Oc1ccc(C=NNc2nc(Nc3cccc(C(F)(F)F)c3)ncc2F)cc1. The first-order chi connectivity index (χ1) is 15.0. The van der Waals surface area contributed by atoms with Crippen LogP contribution >= 0.6 is 0 Å². The number of benzene rings is 2. The predicted molar refractivity (Wildman–Crippen MR) is 106 cm³/mol.